The maximum Gasteiger partial charge on any atom is 0.416 e. The Morgan fingerprint density at radius 3 is 2.46 bits per heavy atom. The van der Waals surface area contributed by atoms with Gasteiger partial charge in [0.1, 0.15) is 17.1 Å². The van der Waals surface area contributed by atoms with Crippen LogP contribution in [0.15, 0.2) is 18.2 Å². The van der Waals surface area contributed by atoms with Gasteiger partial charge in [0, 0.05) is 37.4 Å². The van der Waals surface area contributed by atoms with E-state index < -0.39 is 23.3 Å². The molecule has 0 bridgehead atoms. The Morgan fingerprint density at radius 2 is 1.96 bits per heavy atom. The van der Waals surface area contributed by atoms with E-state index in [-0.39, 0.29) is 49.1 Å². The Kier molecular flexibility index (Phi) is 6.75. The van der Waals surface area contributed by atoms with Gasteiger partial charge < -0.3 is 14.7 Å². The summed E-state index contributed by atoms with van der Waals surface area (Å²) < 4.78 is 45.3. The Bertz CT molecular complexity index is 725. The summed E-state index contributed by atoms with van der Waals surface area (Å²) in [4.78, 5) is 25.6. The molecule has 1 atom stereocenters. The molecular formula is C20H26F3NO4. The molecular weight excluding hydrogens is 375 g/mol. The Morgan fingerprint density at radius 1 is 1.29 bits per heavy atom. The third-order valence-corrected chi connectivity index (χ3v) is 4.44. The van der Waals surface area contributed by atoms with Crippen LogP contribution in [0.3, 0.4) is 0 Å². The Hall–Kier alpha value is -2.09. The minimum Gasteiger partial charge on any atom is -0.488 e. The van der Waals surface area contributed by atoms with E-state index in [1.807, 2.05) is 0 Å². The van der Waals surface area contributed by atoms with E-state index in [4.69, 9.17) is 4.74 Å². The van der Waals surface area contributed by atoms with E-state index in [0.29, 0.717) is 12.8 Å². The molecule has 0 heterocycles. The second-order valence-corrected chi connectivity index (χ2v) is 8.00. The average Bonchev–Trinajstić information content (AvgIpc) is 2.99. The molecule has 1 aliphatic carbocycles. The van der Waals surface area contributed by atoms with Crippen LogP contribution in [-0.4, -0.2) is 40.4 Å². The number of ketones is 1. The molecule has 0 saturated heterocycles. The fraction of sp³-hybridized carbons (Fsp3) is 0.600. The van der Waals surface area contributed by atoms with Crippen LogP contribution >= 0.6 is 0 Å². The van der Waals surface area contributed by atoms with Crippen molar-refractivity contribution < 1.29 is 32.6 Å². The monoisotopic (exact) mass is 401 g/mol. The van der Waals surface area contributed by atoms with E-state index in [9.17, 15) is 27.9 Å². The fourth-order valence-electron chi connectivity index (χ4n) is 3.19. The highest BCUT2D eigenvalue weighted by Gasteiger charge is 2.34. The molecule has 156 valence electrons. The van der Waals surface area contributed by atoms with Gasteiger partial charge in [0.25, 0.3) is 0 Å². The summed E-state index contributed by atoms with van der Waals surface area (Å²) in [6.45, 7) is 4.81. The minimum atomic E-state index is -4.53. The number of benzene rings is 1. The van der Waals surface area contributed by atoms with Gasteiger partial charge >= 0.3 is 6.18 Å². The van der Waals surface area contributed by atoms with Gasteiger partial charge in [-0.1, -0.05) is 0 Å². The van der Waals surface area contributed by atoms with Gasteiger partial charge in [-0.3, -0.25) is 9.59 Å². The van der Waals surface area contributed by atoms with Crippen molar-refractivity contribution in [1.82, 2.24) is 4.90 Å². The number of hydrogen-bond donors (Lipinski definition) is 1. The van der Waals surface area contributed by atoms with Crippen LogP contribution in [0.5, 0.6) is 5.75 Å². The summed E-state index contributed by atoms with van der Waals surface area (Å²) in [6, 6.07) is 3.17. The third-order valence-electron chi connectivity index (χ3n) is 4.44. The second kappa shape index (κ2) is 8.51. The van der Waals surface area contributed by atoms with Crippen molar-refractivity contribution in [2.24, 2.45) is 5.92 Å². The standard InChI is InChI=1S/C20H26F3NO4/c1-19(2,3)28-17-7-5-15(20(21,22)23)10-14(17)12-24(8-9-25)18(27)13-4-6-16(26)11-13/h5,7,10,13,25H,4,6,8-9,11-12H2,1-3H3. The van der Waals surface area contributed by atoms with E-state index in [0.717, 1.165) is 12.1 Å². The Labute approximate surface area is 162 Å². The largest absolute Gasteiger partial charge is 0.488 e. The van der Waals surface area contributed by atoms with Gasteiger partial charge in [-0.15, -0.1) is 0 Å². The number of carbonyl (C=O) groups is 2. The predicted octanol–water partition coefficient (Wildman–Crippen LogP) is 3.57. The zero-order valence-electron chi connectivity index (χ0n) is 16.3. The molecule has 28 heavy (non-hydrogen) atoms. The number of Topliss-reactive ketones (excluding diaryl/α,β-unsaturated/α-hetero) is 1. The fourth-order valence-corrected chi connectivity index (χ4v) is 3.19. The smallest absolute Gasteiger partial charge is 0.416 e. The molecule has 1 fully saturated rings. The van der Waals surface area contributed by atoms with E-state index in [1.165, 1.54) is 11.0 Å². The van der Waals surface area contributed by atoms with Gasteiger partial charge in [-0.05, 0) is 45.4 Å². The van der Waals surface area contributed by atoms with Gasteiger partial charge in [0.2, 0.25) is 5.91 Å². The first-order chi connectivity index (χ1) is 12.9. The lowest BCUT2D eigenvalue weighted by molar-refractivity contribution is -0.137. The second-order valence-electron chi connectivity index (χ2n) is 8.00. The number of aliphatic hydroxyl groups excluding tert-OH is 1. The number of carbonyl (C=O) groups excluding carboxylic acids is 2. The predicted molar refractivity (Wildman–Crippen MR) is 96.7 cm³/mol. The van der Waals surface area contributed by atoms with Crippen molar-refractivity contribution in [3.05, 3.63) is 29.3 Å². The van der Waals surface area contributed by atoms with Crippen molar-refractivity contribution in [3.63, 3.8) is 0 Å². The molecule has 1 saturated carbocycles. The number of amides is 1. The first kappa shape index (κ1) is 22.2. The summed E-state index contributed by atoms with van der Waals surface area (Å²) in [5, 5.41) is 9.33. The van der Waals surface area contributed by atoms with Crippen molar-refractivity contribution in [1.29, 1.82) is 0 Å². The first-order valence-electron chi connectivity index (χ1n) is 9.21. The number of alkyl halides is 3. The molecule has 1 aliphatic rings. The summed E-state index contributed by atoms with van der Waals surface area (Å²) in [5.74, 6) is -0.576. The van der Waals surface area contributed by atoms with Crippen LogP contribution in [0.2, 0.25) is 0 Å². The normalized spacial score (nSPS) is 17.7. The third kappa shape index (κ3) is 5.95. The molecule has 1 aromatic rings. The SMILES string of the molecule is CC(C)(C)Oc1ccc(C(F)(F)F)cc1CN(CCO)C(=O)C1CCC(=O)C1. The molecule has 0 aliphatic heterocycles. The molecule has 5 nitrogen and oxygen atoms in total. The average molecular weight is 401 g/mol. The lowest BCUT2D eigenvalue weighted by Crippen LogP contribution is -2.37. The quantitative estimate of drug-likeness (QED) is 0.791. The summed E-state index contributed by atoms with van der Waals surface area (Å²) in [6.07, 6.45) is -3.65. The number of aliphatic hydroxyl groups is 1. The summed E-state index contributed by atoms with van der Waals surface area (Å²) in [7, 11) is 0. The number of halogens is 3. The minimum absolute atomic E-state index is 0.00174. The van der Waals surface area contributed by atoms with Crippen molar-refractivity contribution in [2.45, 2.75) is 58.4 Å². The number of rotatable bonds is 6. The van der Waals surface area contributed by atoms with E-state index in [2.05, 4.69) is 0 Å². The molecule has 0 spiro atoms. The summed E-state index contributed by atoms with van der Waals surface area (Å²) >= 11 is 0. The lowest BCUT2D eigenvalue weighted by atomic mass is 10.0. The highest BCUT2D eigenvalue weighted by atomic mass is 19.4. The van der Waals surface area contributed by atoms with Crippen LogP contribution in [0.1, 0.15) is 51.2 Å². The Balaban J connectivity index is 2.34. The molecule has 1 unspecified atom stereocenters. The number of nitrogens with zero attached hydrogens (tertiary/aromatic N) is 1. The van der Waals surface area contributed by atoms with Crippen molar-refractivity contribution in [2.75, 3.05) is 13.2 Å². The van der Waals surface area contributed by atoms with Crippen LogP contribution in [0.4, 0.5) is 13.2 Å². The van der Waals surface area contributed by atoms with Gasteiger partial charge in [0.15, 0.2) is 0 Å². The lowest BCUT2D eigenvalue weighted by Gasteiger charge is -2.28. The van der Waals surface area contributed by atoms with Crippen molar-refractivity contribution >= 4 is 11.7 Å². The van der Waals surface area contributed by atoms with Crippen LogP contribution < -0.4 is 4.74 Å². The number of ether oxygens (including phenoxy) is 1. The van der Waals surface area contributed by atoms with E-state index in [1.54, 1.807) is 20.8 Å². The van der Waals surface area contributed by atoms with Crippen LogP contribution in [0.25, 0.3) is 0 Å². The number of hydrogen-bond acceptors (Lipinski definition) is 4. The highest BCUT2D eigenvalue weighted by molar-refractivity contribution is 5.90. The van der Waals surface area contributed by atoms with Gasteiger partial charge in [0.05, 0.1) is 12.2 Å². The van der Waals surface area contributed by atoms with Gasteiger partial charge in [-0.2, -0.15) is 13.2 Å². The van der Waals surface area contributed by atoms with Crippen molar-refractivity contribution in [3.8, 4) is 5.75 Å². The summed E-state index contributed by atoms with van der Waals surface area (Å²) in [5.41, 5.74) is -1.27. The van der Waals surface area contributed by atoms with E-state index >= 15 is 0 Å². The zero-order chi connectivity index (χ0) is 21.1. The molecule has 1 N–H and O–H groups in total. The maximum atomic E-state index is 13.2. The molecule has 2 rings (SSSR count). The maximum absolute atomic E-state index is 13.2. The molecule has 0 radical (unpaired) electrons. The molecule has 1 amide bonds. The topological polar surface area (TPSA) is 66.8 Å². The molecule has 8 heteroatoms. The van der Waals surface area contributed by atoms with Crippen LogP contribution in [0, 0.1) is 5.92 Å². The molecule has 1 aromatic carbocycles. The first-order valence-corrected chi connectivity index (χ1v) is 9.21. The molecule has 0 aromatic heterocycles. The highest BCUT2D eigenvalue weighted by Crippen LogP contribution is 2.34. The van der Waals surface area contributed by atoms with Crippen LogP contribution in [-0.2, 0) is 22.3 Å². The van der Waals surface area contributed by atoms with Gasteiger partial charge in [-0.25, -0.2) is 0 Å². The zero-order valence-corrected chi connectivity index (χ0v) is 16.3.